The molecule has 2 heterocycles. The molecule has 0 unspecified atom stereocenters. The van der Waals surface area contributed by atoms with Gasteiger partial charge in [0.25, 0.3) is 0 Å². The Morgan fingerprint density at radius 1 is 0.339 bits per heavy atom. The minimum Gasteiger partial charge on any atom is -0.452 e. The summed E-state index contributed by atoms with van der Waals surface area (Å²) in [6.45, 7) is 0. The van der Waals surface area contributed by atoms with Gasteiger partial charge in [0.1, 0.15) is 0 Å². The molecule has 11 rings (SSSR count). The van der Waals surface area contributed by atoms with Crippen LogP contribution in [0, 0.1) is 0 Å². The Labute approximate surface area is 330 Å². The lowest BCUT2D eigenvalue weighted by molar-refractivity contribution is 0.483. The molecule has 0 spiro atoms. The SMILES string of the molecule is c1ccc(-c2ccc(N3c4ccccc4Sc4cc(-c5ccc6c(c5)Oc5c(ccc7ccccc57)N6c5ccc(-c6ccccc6)cc5)ccc43)cc2)cc1. The second-order valence-electron chi connectivity index (χ2n) is 14.2. The number of ether oxygens (including phenoxy) is 1. The van der Waals surface area contributed by atoms with Crippen molar-refractivity contribution in [3.8, 4) is 44.9 Å². The molecule has 0 bridgehead atoms. The van der Waals surface area contributed by atoms with Crippen LogP contribution < -0.4 is 14.5 Å². The van der Waals surface area contributed by atoms with Crippen molar-refractivity contribution >= 4 is 56.7 Å². The Bertz CT molecular complexity index is 2910. The van der Waals surface area contributed by atoms with Crippen molar-refractivity contribution in [1.82, 2.24) is 0 Å². The predicted octanol–water partition coefficient (Wildman–Crippen LogP) is 15.4. The van der Waals surface area contributed by atoms with E-state index in [1.165, 1.54) is 43.4 Å². The van der Waals surface area contributed by atoms with Crippen LogP contribution in [0.3, 0.4) is 0 Å². The Morgan fingerprint density at radius 2 is 0.839 bits per heavy atom. The van der Waals surface area contributed by atoms with E-state index >= 15 is 0 Å². The average Bonchev–Trinajstić information content (AvgIpc) is 3.28. The topological polar surface area (TPSA) is 15.7 Å². The van der Waals surface area contributed by atoms with Crippen molar-refractivity contribution in [2.24, 2.45) is 0 Å². The maximum absolute atomic E-state index is 6.92. The Balaban J connectivity index is 0.988. The van der Waals surface area contributed by atoms with E-state index in [0.29, 0.717) is 0 Å². The molecule has 0 saturated heterocycles. The molecule has 4 heteroatoms. The summed E-state index contributed by atoms with van der Waals surface area (Å²) in [4.78, 5) is 7.16. The summed E-state index contributed by atoms with van der Waals surface area (Å²) < 4.78 is 6.92. The molecule has 0 amide bonds. The lowest BCUT2D eigenvalue weighted by atomic mass is 10.00. The number of fused-ring (bicyclic) bond motifs is 6. The molecule has 264 valence electrons. The van der Waals surface area contributed by atoms with Crippen molar-refractivity contribution in [3.63, 3.8) is 0 Å². The third-order valence-electron chi connectivity index (χ3n) is 10.8. The van der Waals surface area contributed by atoms with Gasteiger partial charge in [0.2, 0.25) is 0 Å². The molecule has 9 aromatic carbocycles. The first-order valence-electron chi connectivity index (χ1n) is 18.9. The van der Waals surface area contributed by atoms with Gasteiger partial charge in [-0.2, -0.15) is 0 Å². The Kier molecular flexibility index (Phi) is 7.75. The van der Waals surface area contributed by atoms with Crippen molar-refractivity contribution in [2.45, 2.75) is 9.79 Å². The zero-order valence-corrected chi connectivity index (χ0v) is 31.2. The summed E-state index contributed by atoms with van der Waals surface area (Å²) in [7, 11) is 0. The monoisotopic (exact) mass is 734 g/mol. The second kappa shape index (κ2) is 13.4. The third-order valence-corrected chi connectivity index (χ3v) is 11.9. The van der Waals surface area contributed by atoms with Crippen molar-refractivity contribution in [2.75, 3.05) is 9.80 Å². The van der Waals surface area contributed by atoms with E-state index in [-0.39, 0.29) is 0 Å². The van der Waals surface area contributed by atoms with E-state index < -0.39 is 0 Å². The van der Waals surface area contributed by atoms with Gasteiger partial charge in [-0.1, -0.05) is 151 Å². The standard InChI is InChI=1S/C52H34N2OS/c1-3-11-35(12-4-1)37-19-26-42(27-20-37)53-45-30-24-40(33-49(45)55-52-44-16-8-7-15-39(44)23-32-48(52)53)41-25-31-47-51(34-41)56-50-18-10-9-17-46(50)54(47)43-28-21-38(22-29-43)36-13-5-2-6-14-36/h1-34H. The number of anilines is 6. The molecule has 0 radical (unpaired) electrons. The van der Waals surface area contributed by atoms with Gasteiger partial charge >= 0.3 is 0 Å². The van der Waals surface area contributed by atoms with Crippen LogP contribution in [-0.2, 0) is 0 Å². The second-order valence-corrected chi connectivity index (χ2v) is 15.3. The van der Waals surface area contributed by atoms with Gasteiger partial charge in [0, 0.05) is 26.6 Å². The molecule has 2 aliphatic rings. The molecule has 0 atom stereocenters. The molecule has 0 fully saturated rings. The van der Waals surface area contributed by atoms with E-state index in [9.17, 15) is 0 Å². The lowest BCUT2D eigenvalue weighted by Gasteiger charge is -2.34. The molecular formula is C52H34N2OS. The maximum atomic E-state index is 6.92. The molecule has 0 saturated carbocycles. The van der Waals surface area contributed by atoms with Crippen molar-refractivity contribution < 1.29 is 4.74 Å². The molecule has 2 aliphatic heterocycles. The van der Waals surface area contributed by atoms with E-state index in [2.05, 4.69) is 216 Å². The number of hydrogen-bond donors (Lipinski definition) is 0. The summed E-state index contributed by atoms with van der Waals surface area (Å²) in [6.07, 6.45) is 0. The summed E-state index contributed by atoms with van der Waals surface area (Å²) >= 11 is 1.83. The Morgan fingerprint density at radius 3 is 1.54 bits per heavy atom. The van der Waals surface area contributed by atoms with E-state index in [4.69, 9.17) is 4.74 Å². The summed E-state index contributed by atoms with van der Waals surface area (Å²) in [6, 6.07) is 73.8. The van der Waals surface area contributed by atoms with Gasteiger partial charge in [0.15, 0.2) is 11.5 Å². The highest BCUT2D eigenvalue weighted by molar-refractivity contribution is 7.99. The van der Waals surface area contributed by atoms with Crippen molar-refractivity contribution in [3.05, 3.63) is 206 Å². The fourth-order valence-electron chi connectivity index (χ4n) is 8.07. The average molecular weight is 735 g/mol. The van der Waals surface area contributed by atoms with Gasteiger partial charge in [0.05, 0.1) is 22.7 Å². The zero-order valence-electron chi connectivity index (χ0n) is 30.3. The maximum Gasteiger partial charge on any atom is 0.159 e. The quantitative estimate of drug-likeness (QED) is 0.175. The number of rotatable bonds is 5. The molecule has 0 N–H and O–H groups in total. The Hall–Kier alpha value is -7.01. The first-order valence-corrected chi connectivity index (χ1v) is 19.7. The van der Waals surface area contributed by atoms with Gasteiger partial charge in [-0.25, -0.2) is 0 Å². The number of hydrogen-bond acceptors (Lipinski definition) is 4. The number of nitrogens with zero attached hydrogens (tertiary/aromatic N) is 2. The third kappa shape index (κ3) is 5.54. The van der Waals surface area contributed by atoms with Gasteiger partial charge in [-0.15, -0.1) is 0 Å². The molecule has 9 aromatic rings. The van der Waals surface area contributed by atoms with Crippen molar-refractivity contribution in [1.29, 1.82) is 0 Å². The fourth-order valence-corrected chi connectivity index (χ4v) is 9.17. The van der Waals surface area contributed by atoms with Gasteiger partial charge in [-0.05, 0) is 105 Å². The number of para-hydroxylation sites is 1. The van der Waals surface area contributed by atoms with Crippen LogP contribution >= 0.6 is 11.8 Å². The minimum atomic E-state index is 0.828. The molecule has 0 aromatic heterocycles. The molecule has 56 heavy (non-hydrogen) atoms. The smallest absolute Gasteiger partial charge is 0.159 e. The molecule has 3 nitrogen and oxygen atoms in total. The summed E-state index contributed by atoms with van der Waals surface area (Å²) in [5.74, 6) is 1.70. The van der Waals surface area contributed by atoms with E-state index in [0.717, 1.165) is 56.1 Å². The van der Waals surface area contributed by atoms with Gasteiger partial charge < -0.3 is 14.5 Å². The van der Waals surface area contributed by atoms with E-state index in [1.807, 2.05) is 11.8 Å². The van der Waals surface area contributed by atoms with Crippen LogP contribution in [-0.4, -0.2) is 0 Å². The molecular weight excluding hydrogens is 701 g/mol. The predicted molar refractivity (Wildman–Crippen MR) is 234 cm³/mol. The van der Waals surface area contributed by atoms with Crippen LogP contribution in [0.2, 0.25) is 0 Å². The summed E-state index contributed by atoms with van der Waals surface area (Å²) in [5, 5.41) is 2.24. The lowest BCUT2D eigenvalue weighted by Crippen LogP contribution is -2.16. The summed E-state index contributed by atoms with van der Waals surface area (Å²) in [5.41, 5.74) is 13.7. The number of benzene rings is 9. The van der Waals surface area contributed by atoms with Crippen LogP contribution in [0.4, 0.5) is 34.1 Å². The highest BCUT2D eigenvalue weighted by atomic mass is 32.2. The van der Waals surface area contributed by atoms with Crippen LogP contribution in [0.1, 0.15) is 0 Å². The fraction of sp³-hybridized carbons (Fsp3) is 0. The highest BCUT2D eigenvalue weighted by Crippen LogP contribution is 2.55. The first-order chi connectivity index (χ1) is 27.7. The van der Waals surface area contributed by atoms with Gasteiger partial charge in [-0.3, -0.25) is 0 Å². The zero-order chi connectivity index (χ0) is 37.0. The van der Waals surface area contributed by atoms with Crippen LogP contribution in [0.15, 0.2) is 216 Å². The van der Waals surface area contributed by atoms with E-state index in [1.54, 1.807) is 0 Å². The largest absolute Gasteiger partial charge is 0.452 e. The first kappa shape index (κ1) is 32.4. The molecule has 0 aliphatic carbocycles. The normalized spacial score (nSPS) is 12.6. The van der Waals surface area contributed by atoms with Crippen LogP contribution in [0.25, 0.3) is 44.2 Å². The highest BCUT2D eigenvalue weighted by Gasteiger charge is 2.29. The van der Waals surface area contributed by atoms with Crippen LogP contribution in [0.5, 0.6) is 11.5 Å². The minimum absolute atomic E-state index is 0.828.